The van der Waals surface area contributed by atoms with Crippen LogP contribution in [0.3, 0.4) is 0 Å². The number of hydrogen-bond donors (Lipinski definition) is 3. The molecule has 4 rings (SSSR count). The Morgan fingerprint density at radius 2 is 1.38 bits per heavy atom. The molecule has 0 saturated carbocycles. The number of carboxylic acid groups (broad SMARTS) is 1. The van der Waals surface area contributed by atoms with Gasteiger partial charge in [-0.2, -0.15) is 0 Å². The smallest absolute Gasteiger partial charge is 0.407 e. The van der Waals surface area contributed by atoms with Crippen molar-refractivity contribution in [1.29, 1.82) is 0 Å². The Hall–Kier alpha value is -4.13. The molecule has 192 valence electrons. The highest BCUT2D eigenvalue weighted by atomic mass is 16.5. The molecule has 0 bridgehead atoms. The Bertz CT molecular complexity index is 1210. The van der Waals surface area contributed by atoms with Gasteiger partial charge in [-0.1, -0.05) is 92.7 Å². The highest BCUT2D eigenvalue weighted by Crippen LogP contribution is 2.44. The van der Waals surface area contributed by atoms with E-state index >= 15 is 0 Å². The van der Waals surface area contributed by atoms with Crippen molar-refractivity contribution in [3.05, 3.63) is 95.6 Å². The van der Waals surface area contributed by atoms with Crippen LogP contribution in [-0.4, -0.2) is 41.8 Å². The lowest BCUT2D eigenvalue weighted by Crippen LogP contribution is -2.53. The molecular formula is C30H32N2O5. The maximum atomic E-state index is 13.1. The highest BCUT2D eigenvalue weighted by molar-refractivity contribution is 5.89. The van der Waals surface area contributed by atoms with Crippen molar-refractivity contribution in [2.24, 2.45) is 5.92 Å². The lowest BCUT2D eigenvalue weighted by molar-refractivity contribution is -0.142. The van der Waals surface area contributed by atoms with E-state index in [0.717, 1.165) is 27.8 Å². The van der Waals surface area contributed by atoms with E-state index in [1.165, 1.54) is 0 Å². The van der Waals surface area contributed by atoms with Gasteiger partial charge in [0.1, 0.15) is 18.7 Å². The molecule has 0 radical (unpaired) electrons. The molecule has 3 aromatic carbocycles. The van der Waals surface area contributed by atoms with Crippen molar-refractivity contribution >= 4 is 18.0 Å². The standard InChI is InChI=1S/C30H32N2O5/c1-19(2)16-27(29(34)35)31-28(33)26(17-20-10-4-3-5-11-20)32-30(36)37-18-25-23-14-8-6-12-21(23)22-13-7-9-15-24(22)25/h3-15,19,25-27H,16-18H2,1-2H3,(H,31,33)(H,32,36)(H,34,35)/t26-,27-/m1/s1. The third kappa shape index (κ3) is 6.36. The summed E-state index contributed by atoms with van der Waals surface area (Å²) in [6.07, 6.45) is -0.247. The van der Waals surface area contributed by atoms with Crippen molar-refractivity contribution in [2.75, 3.05) is 6.61 Å². The summed E-state index contributed by atoms with van der Waals surface area (Å²) in [5, 5.41) is 14.8. The van der Waals surface area contributed by atoms with Gasteiger partial charge in [-0.25, -0.2) is 9.59 Å². The molecule has 1 aliphatic rings. The fourth-order valence-electron chi connectivity index (χ4n) is 4.81. The van der Waals surface area contributed by atoms with Crippen LogP contribution in [0.25, 0.3) is 11.1 Å². The summed E-state index contributed by atoms with van der Waals surface area (Å²) in [5.41, 5.74) is 5.26. The number of carbonyl (C=O) groups is 3. The maximum absolute atomic E-state index is 13.1. The molecule has 3 N–H and O–H groups in total. The SMILES string of the molecule is CC(C)C[C@@H](NC(=O)[C@@H](Cc1ccccc1)NC(=O)OCC1c2ccccc2-c2ccccc21)C(=O)O. The third-order valence-electron chi connectivity index (χ3n) is 6.56. The van der Waals surface area contributed by atoms with Gasteiger partial charge in [-0.05, 0) is 40.2 Å². The molecule has 0 spiro atoms. The molecule has 37 heavy (non-hydrogen) atoms. The average molecular weight is 501 g/mol. The third-order valence-corrected chi connectivity index (χ3v) is 6.56. The summed E-state index contributed by atoms with van der Waals surface area (Å²) in [4.78, 5) is 37.7. The van der Waals surface area contributed by atoms with Gasteiger partial charge in [0.05, 0.1) is 0 Å². The fourth-order valence-corrected chi connectivity index (χ4v) is 4.81. The zero-order valence-corrected chi connectivity index (χ0v) is 21.0. The van der Waals surface area contributed by atoms with Gasteiger partial charge in [0.2, 0.25) is 5.91 Å². The second-order valence-corrected chi connectivity index (χ2v) is 9.74. The van der Waals surface area contributed by atoms with Crippen LogP contribution in [0.5, 0.6) is 0 Å². The number of alkyl carbamates (subject to hydrolysis) is 1. The van der Waals surface area contributed by atoms with Gasteiger partial charge in [-0.3, -0.25) is 4.79 Å². The molecule has 2 amide bonds. The second kappa shape index (κ2) is 11.7. The molecule has 0 saturated heterocycles. The summed E-state index contributed by atoms with van der Waals surface area (Å²) >= 11 is 0. The van der Waals surface area contributed by atoms with Gasteiger partial charge in [0.25, 0.3) is 0 Å². The molecule has 0 fully saturated rings. The van der Waals surface area contributed by atoms with Crippen LogP contribution in [0.15, 0.2) is 78.9 Å². The quantitative estimate of drug-likeness (QED) is 0.373. The Labute approximate surface area is 216 Å². The molecular weight excluding hydrogens is 468 g/mol. The first-order chi connectivity index (χ1) is 17.8. The van der Waals surface area contributed by atoms with Crippen LogP contribution in [0.1, 0.15) is 42.9 Å². The zero-order chi connectivity index (χ0) is 26.4. The fraction of sp³-hybridized carbons (Fsp3) is 0.300. The molecule has 7 nitrogen and oxygen atoms in total. The first kappa shape index (κ1) is 25.9. The Kier molecular flexibility index (Phi) is 8.23. The van der Waals surface area contributed by atoms with Gasteiger partial charge >= 0.3 is 12.1 Å². The number of aliphatic carboxylic acids is 1. The number of ether oxygens (including phenoxy) is 1. The summed E-state index contributed by atoms with van der Waals surface area (Å²) in [7, 11) is 0. The predicted octanol–water partition coefficient (Wildman–Crippen LogP) is 4.75. The molecule has 0 aliphatic heterocycles. The van der Waals surface area contributed by atoms with Crippen LogP contribution < -0.4 is 10.6 Å². The number of benzene rings is 3. The van der Waals surface area contributed by atoms with E-state index in [9.17, 15) is 19.5 Å². The van der Waals surface area contributed by atoms with Gasteiger partial charge in [0.15, 0.2) is 0 Å². The molecule has 0 unspecified atom stereocenters. The van der Waals surface area contributed by atoms with Crippen LogP contribution in [0.4, 0.5) is 4.79 Å². The van der Waals surface area contributed by atoms with Crippen molar-refractivity contribution in [2.45, 2.75) is 44.7 Å². The minimum absolute atomic E-state index is 0.0732. The van der Waals surface area contributed by atoms with Crippen LogP contribution in [-0.2, 0) is 20.7 Å². The summed E-state index contributed by atoms with van der Waals surface area (Å²) in [6, 6.07) is 23.3. The van der Waals surface area contributed by atoms with Gasteiger partial charge in [0, 0.05) is 12.3 Å². The van der Waals surface area contributed by atoms with E-state index in [4.69, 9.17) is 4.74 Å². The lowest BCUT2D eigenvalue weighted by Gasteiger charge is -2.23. The predicted molar refractivity (Wildman–Crippen MR) is 141 cm³/mol. The number of rotatable bonds is 10. The highest BCUT2D eigenvalue weighted by Gasteiger charge is 2.31. The van der Waals surface area contributed by atoms with Crippen LogP contribution in [0, 0.1) is 5.92 Å². The van der Waals surface area contributed by atoms with Gasteiger partial charge in [-0.15, -0.1) is 0 Å². The second-order valence-electron chi connectivity index (χ2n) is 9.74. The van der Waals surface area contributed by atoms with Crippen LogP contribution in [0.2, 0.25) is 0 Å². The van der Waals surface area contributed by atoms with Gasteiger partial charge < -0.3 is 20.5 Å². The van der Waals surface area contributed by atoms with Crippen molar-refractivity contribution in [3.63, 3.8) is 0 Å². The Morgan fingerprint density at radius 3 is 1.95 bits per heavy atom. The number of nitrogens with one attached hydrogen (secondary N) is 2. The summed E-state index contributed by atoms with van der Waals surface area (Å²) in [6.45, 7) is 3.89. The van der Waals surface area contributed by atoms with E-state index in [0.29, 0.717) is 0 Å². The molecule has 7 heteroatoms. The van der Waals surface area contributed by atoms with Crippen molar-refractivity contribution < 1.29 is 24.2 Å². The number of hydrogen-bond acceptors (Lipinski definition) is 4. The topological polar surface area (TPSA) is 105 Å². The minimum Gasteiger partial charge on any atom is -0.480 e. The van der Waals surface area contributed by atoms with E-state index in [1.54, 1.807) is 0 Å². The lowest BCUT2D eigenvalue weighted by atomic mass is 9.98. The molecule has 2 atom stereocenters. The van der Waals surface area contributed by atoms with Crippen LogP contribution >= 0.6 is 0 Å². The number of carboxylic acids is 1. The van der Waals surface area contributed by atoms with Crippen molar-refractivity contribution in [3.8, 4) is 11.1 Å². The first-order valence-corrected chi connectivity index (χ1v) is 12.5. The van der Waals surface area contributed by atoms with E-state index < -0.39 is 30.1 Å². The first-order valence-electron chi connectivity index (χ1n) is 12.5. The maximum Gasteiger partial charge on any atom is 0.407 e. The molecule has 0 heterocycles. The van der Waals surface area contributed by atoms with Crippen molar-refractivity contribution in [1.82, 2.24) is 10.6 Å². The largest absolute Gasteiger partial charge is 0.480 e. The van der Waals surface area contributed by atoms with E-state index in [1.807, 2.05) is 80.6 Å². The molecule has 0 aromatic heterocycles. The Morgan fingerprint density at radius 1 is 0.811 bits per heavy atom. The normalized spacial score (nSPS) is 13.8. The molecule has 1 aliphatic carbocycles. The van der Waals surface area contributed by atoms with E-state index in [2.05, 4.69) is 22.8 Å². The summed E-state index contributed by atoms with van der Waals surface area (Å²) in [5.74, 6) is -1.71. The average Bonchev–Trinajstić information content (AvgIpc) is 3.20. The monoisotopic (exact) mass is 500 g/mol. The molecule has 3 aromatic rings. The number of fused-ring (bicyclic) bond motifs is 3. The number of amides is 2. The minimum atomic E-state index is -1.11. The number of carbonyl (C=O) groups excluding carboxylic acids is 2. The van der Waals surface area contributed by atoms with E-state index in [-0.39, 0.29) is 31.3 Å². The Balaban J connectivity index is 1.46. The zero-order valence-electron chi connectivity index (χ0n) is 21.0. The summed E-state index contributed by atoms with van der Waals surface area (Å²) < 4.78 is 5.63.